The molecule has 1 aliphatic rings. The Bertz CT molecular complexity index is 692. The number of aromatic nitrogens is 2. The third-order valence-electron chi connectivity index (χ3n) is 4.07. The third kappa shape index (κ3) is 2.62. The molecule has 2 heterocycles. The summed E-state index contributed by atoms with van der Waals surface area (Å²) in [5, 5.41) is 1.13. The minimum absolute atomic E-state index is 0.556. The second kappa shape index (κ2) is 5.68. The Morgan fingerprint density at radius 3 is 2.80 bits per heavy atom. The van der Waals surface area contributed by atoms with Crippen LogP contribution in [0.5, 0.6) is 0 Å². The molecule has 1 N–H and O–H groups in total. The van der Waals surface area contributed by atoms with E-state index in [9.17, 15) is 0 Å². The van der Waals surface area contributed by atoms with Crippen molar-refractivity contribution in [3.05, 3.63) is 26.9 Å². The molecular weight excluding hydrogens is 313 g/mol. The number of rotatable bonds is 3. The zero-order valence-corrected chi connectivity index (χ0v) is 13.7. The molecule has 0 aliphatic carbocycles. The molecule has 0 bridgehead atoms. The minimum atomic E-state index is 0.556. The first kappa shape index (κ1) is 14.4. The molecule has 0 saturated carbocycles. The van der Waals surface area contributed by atoms with Gasteiger partial charge >= 0.3 is 0 Å². The van der Waals surface area contributed by atoms with Crippen molar-refractivity contribution in [3.63, 3.8) is 0 Å². The van der Waals surface area contributed by atoms with Gasteiger partial charge in [0.25, 0.3) is 0 Å². The SMILES string of the molecule is CCN1CCC(Cn2c(=S)[nH]c3cc(Cl)c(Cl)cc32)C1. The summed E-state index contributed by atoms with van der Waals surface area (Å²) in [6.07, 6.45) is 1.23. The quantitative estimate of drug-likeness (QED) is 0.846. The maximum atomic E-state index is 6.13. The summed E-state index contributed by atoms with van der Waals surface area (Å²) in [5.41, 5.74) is 1.99. The Kier molecular flexibility index (Phi) is 4.09. The largest absolute Gasteiger partial charge is 0.331 e. The summed E-state index contributed by atoms with van der Waals surface area (Å²) in [4.78, 5) is 5.69. The summed E-state index contributed by atoms with van der Waals surface area (Å²) >= 11 is 17.6. The molecule has 6 heteroatoms. The van der Waals surface area contributed by atoms with E-state index in [0.29, 0.717) is 16.0 Å². The molecule has 1 saturated heterocycles. The molecule has 0 amide bonds. The topological polar surface area (TPSA) is 24.0 Å². The van der Waals surface area contributed by atoms with Gasteiger partial charge in [-0.1, -0.05) is 30.1 Å². The monoisotopic (exact) mass is 329 g/mol. The molecule has 3 rings (SSSR count). The predicted octanol–water partition coefficient (Wildman–Crippen LogP) is 4.35. The van der Waals surface area contributed by atoms with E-state index >= 15 is 0 Å². The maximum Gasteiger partial charge on any atom is 0.178 e. The number of nitrogens with one attached hydrogen (secondary N) is 1. The fourth-order valence-corrected chi connectivity index (χ4v) is 3.54. The number of hydrogen-bond donors (Lipinski definition) is 1. The van der Waals surface area contributed by atoms with Gasteiger partial charge in [-0.05, 0) is 49.8 Å². The number of imidazole rings is 1. The second-order valence-electron chi connectivity index (χ2n) is 5.37. The van der Waals surface area contributed by atoms with Crippen LogP contribution in [0.4, 0.5) is 0 Å². The third-order valence-corrected chi connectivity index (χ3v) is 5.12. The van der Waals surface area contributed by atoms with Crippen LogP contribution in [-0.2, 0) is 6.54 Å². The van der Waals surface area contributed by atoms with Gasteiger partial charge in [0, 0.05) is 13.1 Å². The lowest BCUT2D eigenvalue weighted by molar-refractivity contribution is 0.333. The summed E-state index contributed by atoms with van der Waals surface area (Å²) in [5.74, 6) is 0.648. The lowest BCUT2D eigenvalue weighted by atomic mass is 10.1. The summed E-state index contributed by atoms with van der Waals surface area (Å²) < 4.78 is 2.89. The molecular formula is C14H17Cl2N3S. The van der Waals surface area contributed by atoms with Crippen molar-refractivity contribution in [1.82, 2.24) is 14.5 Å². The first-order valence-corrected chi connectivity index (χ1v) is 8.04. The van der Waals surface area contributed by atoms with Crippen molar-refractivity contribution in [2.24, 2.45) is 5.92 Å². The van der Waals surface area contributed by atoms with Crippen molar-refractivity contribution >= 4 is 46.5 Å². The highest BCUT2D eigenvalue weighted by molar-refractivity contribution is 7.71. The van der Waals surface area contributed by atoms with Crippen LogP contribution < -0.4 is 0 Å². The molecule has 1 unspecified atom stereocenters. The van der Waals surface area contributed by atoms with Gasteiger partial charge in [-0.2, -0.15) is 0 Å². The van der Waals surface area contributed by atoms with Crippen molar-refractivity contribution in [1.29, 1.82) is 0 Å². The number of aromatic amines is 1. The average Bonchev–Trinajstić information content (AvgIpc) is 2.98. The highest BCUT2D eigenvalue weighted by Gasteiger charge is 2.22. The number of H-pyrrole nitrogens is 1. The Morgan fingerprint density at radius 2 is 2.10 bits per heavy atom. The smallest absolute Gasteiger partial charge is 0.178 e. The van der Waals surface area contributed by atoms with Gasteiger partial charge in [0.2, 0.25) is 0 Å². The van der Waals surface area contributed by atoms with E-state index in [0.717, 1.165) is 35.4 Å². The van der Waals surface area contributed by atoms with Crippen LogP contribution in [0.25, 0.3) is 11.0 Å². The maximum absolute atomic E-state index is 6.13. The summed E-state index contributed by atoms with van der Waals surface area (Å²) in [6.45, 7) is 6.60. The van der Waals surface area contributed by atoms with Gasteiger partial charge in [0.15, 0.2) is 4.77 Å². The minimum Gasteiger partial charge on any atom is -0.331 e. The Morgan fingerprint density at radius 1 is 1.35 bits per heavy atom. The Labute approximate surface area is 133 Å². The van der Waals surface area contributed by atoms with Crippen molar-refractivity contribution in [2.45, 2.75) is 19.9 Å². The first-order chi connectivity index (χ1) is 9.58. The molecule has 0 radical (unpaired) electrons. The van der Waals surface area contributed by atoms with Gasteiger partial charge < -0.3 is 14.5 Å². The van der Waals surface area contributed by atoms with Crippen LogP contribution >= 0.6 is 35.4 Å². The van der Waals surface area contributed by atoms with Crippen LogP contribution in [-0.4, -0.2) is 34.1 Å². The molecule has 2 aromatic rings. The van der Waals surface area contributed by atoms with E-state index in [1.54, 1.807) is 0 Å². The van der Waals surface area contributed by atoms with Crippen molar-refractivity contribution in [2.75, 3.05) is 19.6 Å². The van der Waals surface area contributed by atoms with E-state index in [-0.39, 0.29) is 0 Å². The van der Waals surface area contributed by atoms with Crippen LogP contribution in [0.15, 0.2) is 12.1 Å². The van der Waals surface area contributed by atoms with Crippen molar-refractivity contribution in [3.8, 4) is 0 Å². The molecule has 1 aromatic carbocycles. The van der Waals surface area contributed by atoms with E-state index in [2.05, 4.69) is 21.4 Å². The van der Waals surface area contributed by atoms with Crippen LogP contribution in [0.3, 0.4) is 0 Å². The van der Waals surface area contributed by atoms with Gasteiger partial charge in [-0.3, -0.25) is 0 Å². The zero-order chi connectivity index (χ0) is 14.3. The van der Waals surface area contributed by atoms with E-state index in [1.165, 1.54) is 13.0 Å². The highest BCUT2D eigenvalue weighted by Crippen LogP contribution is 2.29. The number of benzene rings is 1. The number of nitrogens with zero attached hydrogens (tertiary/aromatic N) is 2. The normalized spacial score (nSPS) is 20.1. The molecule has 1 aromatic heterocycles. The fourth-order valence-electron chi connectivity index (χ4n) is 2.94. The lowest BCUT2D eigenvalue weighted by Crippen LogP contribution is -2.21. The molecule has 1 atom stereocenters. The number of fused-ring (bicyclic) bond motifs is 1. The van der Waals surface area contributed by atoms with E-state index < -0.39 is 0 Å². The number of halogens is 2. The van der Waals surface area contributed by atoms with Gasteiger partial charge in [-0.25, -0.2) is 0 Å². The van der Waals surface area contributed by atoms with Crippen molar-refractivity contribution < 1.29 is 0 Å². The standard InChI is InChI=1S/C14H17Cl2N3S/c1-2-18-4-3-9(7-18)8-19-13-6-11(16)10(15)5-12(13)17-14(19)20/h5-6,9H,2-4,7-8H2,1H3,(H,17,20). The fraction of sp³-hybridized carbons (Fsp3) is 0.500. The predicted molar refractivity (Wildman–Crippen MR) is 87.4 cm³/mol. The van der Waals surface area contributed by atoms with Crippen LogP contribution in [0.1, 0.15) is 13.3 Å². The summed E-state index contributed by atoms with van der Waals surface area (Å²) in [6, 6.07) is 3.75. The molecule has 20 heavy (non-hydrogen) atoms. The lowest BCUT2D eigenvalue weighted by Gasteiger charge is -2.14. The van der Waals surface area contributed by atoms with Crippen LogP contribution in [0, 0.1) is 10.7 Å². The van der Waals surface area contributed by atoms with Gasteiger partial charge in [0.1, 0.15) is 0 Å². The zero-order valence-electron chi connectivity index (χ0n) is 11.3. The van der Waals surface area contributed by atoms with Gasteiger partial charge in [0.05, 0.1) is 21.1 Å². The first-order valence-electron chi connectivity index (χ1n) is 6.88. The molecule has 1 fully saturated rings. The molecule has 3 nitrogen and oxygen atoms in total. The second-order valence-corrected chi connectivity index (χ2v) is 6.57. The Hall–Kier alpha value is -0.550. The molecule has 1 aliphatic heterocycles. The Balaban J connectivity index is 1.93. The highest BCUT2D eigenvalue weighted by atomic mass is 35.5. The number of likely N-dealkylation sites (tertiary alicyclic amines) is 1. The molecule has 0 spiro atoms. The summed E-state index contributed by atoms with van der Waals surface area (Å²) in [7, 11) is 0. The average molecular weight is 330 g/mol. The van der Waals surface area contributed by atoms with Crippen LogP contribution in [0.2, 0.25) is 10.0 Å². The molecule has 108 valence electrons. The number of hydrogen-bond acceptors (Lipinski definition) is 2. The van der Waals surface area contributed by atoms with E-state index in [1.807, 2.05) is 12.1 Å². The van der Waals surface area contributed by atoms with Gasteiger partial charge in [-0.15, -0.1) is 0 Å². The van der Waals surface area contributed by atoms with E-state index in [4.69, 9.17) is 35.4 Å².